The third-order valence-corrected chi connectivity index (χ3v) is 7.48. The van der Waals surface area contributed by atoms with Gasteiger partial charge in [0.1, 0.15) is 0 Å². The van der Waals surface area contributed by atoms with Gasteiger partial charge < -0.3 is 14.6 Å². The van der Waals surface area contributed by atoms with E-state index in [1.807, 2.05) is 48.7 Å². The van der Waals surface area contributed by atoms with Crippen LogP contribution in [0.25, 0.3) is 5.52 Å². The van der Waals surface area contributed by atoms with Gasteiger partial charge >= 0.3 is 0 Å². The fraction of sp³-hybridized carbons (Fsp3) is 0.469. The van der Waals surface area contributed by atoms with Gasteiger partial charge in [0.05, 0.1) is 19.3 Å². The molecular weight excluding hydrogens is 514 g/mol. The minimum Gasteiger partial charge on any atom is -0.331 e. The van der Waals surface area contributed by atoms with Crippen LogP contribution < -0.4 is 5.32 Å². The van der Waals surface area contributed by atoms with E-state index in [1.165, 1.54) is 10.4 Å². The van der Waals surface area contributed by atoms with E-state index in [1.54, 1.807) is 18.0 Å². The second kappa shape index (κ2) is 14.2. The van der Waals surface area contributed by atoms with Crippen molar-refractivity contribution in [3.63, 3.8) is 0 Å². The van der Waals surface area contributed by atoms with Gasteiger partial charge in [0.25, 0.3) is 5.91 Å². The van der Waals surface area contributed by atoms with Crippen molar-refractivity contribution in [2.45, 2.75) is 73.9 Å². The van der Waals surface area contributed by atoms with Crippen LogP contribution in [0.3, 0.4) is 0 Å². The van der Waals surface area contributed by atoms with E-state index in [0.717, 1.165) is 30.5 Å². The first-order chi connectivity index (χ1) is 19.2. The Morgan fingerprint density at radius 1 is 1.02 bits per heavy atom. The first-order valence-electron chi connectivity index (χ1n) is 14.3. The van der Waals surface area contributed by atoms with Crippen molar-refractivity contribution in [2.75, 3.05) is 13.1 Å². The number of aromatic nitrogens is 5. The van der Waals surface area contributed by atoms with Crippen LogP contribution in [-0.2, 0) is 26.4 Å². The number of ketones is 1. The summed E-state index contributed by atoms with van der Waals surface area (Å²) < 4.78 is 1.90. The molecule has 220 valence electrons. The lowest BCUT2D eigenvalue weighted by molar-refractivity contribution is 0.0748. The Labute approximate surface area is 243 Å². The normalized spacial score (nSPS) is 12.0. The molecular formula is C32H45N7O2. The number of aryl methyl sites for hydroxylation is 3. The molecule has 0 saturated carbocycles. The number of nitrogens with zero attached hydrogens (tertiary/aromatic N) is 6. The smallest absolute Gasteiger partial charge is 0.254 e. The SMILES string of the molecule is C.CCN[C@@H](CCc1ccc(C(=O)c2c(CC)cc3cc(C(=O)N(CC)Cc4nnn(C)n4)ccn23)cc1)C(C)C. The number of benzene rings is 1. The monoisotopic (exact) mass is 559 g/mol. The molecule has 1 amide bonds. The summed E-state index contributed by atoms with van der Waals surface area (Å²) in [6, 6.07) is 14.1. The minimum absolute atomic E-state index is 0. The van der Waals surface area contributed by atoms with E-state index < -0.39 is 0 Å². The van der Waals surface area contributed by atoms with Crippen LogP contribution in [0.4, 0.5) is 0 Å². The van der Waals surface area contributed by atoms with Crippen molar-refractivity contribution in [3.05, 3.63) is 82.4 Å². The van der Waals surface area contributed by atoms with Crippen molar-refractivity contribution < 1.29 is 9.59 Å². The maximum Gasteiger partial charge on any atom is 0.254 e. The zero-order valence-electron chi connectivity index (χ0n) is 24.5. The van der Waals surface area contributed by atoms with E-state index >= 15 is 0 Å². The summed E-state index contributed by atoms with van der Waals surface area (Å²) in [5, 5.41) is 15.6. The van der Waals surface area contributed by atoms with Gasteiger partial charge in [-0.25, -0.2) is 0 Å². The highest BCUT2D eigenvalue weighted by Crippen LogP contribution is 2.23. The Morgan fingerprint density at radius 2 is 1.76 bits per heavy atom. The third-order valence-electron chi connectivity index (χ3n) is 7.48. The number of fused-ring (bicyclic) bond motifs is 1. The number of rotatable bonds is 13. The van der Waals surface area contributed by atoms with Crippen LogP contribution in [0.2, 0.25) is 0 Å². The van der Waals surface area contributed by atoms with Crippen LogP contribution in [-0.4, -0.2) is 60.3 Å². The standard InChI is InChI=1S/C31H41N7O2.CH4/c1-7-23-18-26-19-25(31(40)37(9-3)20-28-33-35-36(6)34-28)16-17-38(26)29(23)30(39)24-13-10-22(11-14-24)12-15-27(21(4)5)32-8-2;/h10-11,13-14,16-19,21,27,32H,7-9,12,15,20H2,1-6H3;1H4/t27-;/m0./s1. The van der Waals surface area contributed by atoms with E-state index in [0.29, 0.717) is 47.6 Å². The highest BCUT2D eigenvalue weighted by Gasteiger charge is 2.22. The van der Waals surface area contributed by atoms with Gasteiger partial charge in [-0.1, -0.05) is 59.4 Å². The molecule has 9 nitrogen and oxygen atoms in total. The maximum atomic E-state index is 13.7. The molecule has 1 N–H and O–H groups in total. The second-order valence-corrected chi connectivity index (χ2v) is 10.6. The Kier molecular flexibility index (Phi) is 10.9. The van der Waals surface area contributed by atoms with Gasteiger partial charge in [-0.05, 0) is 73.2 Å². The molecule has 0 fully saturated rings. The molecule has 1 atom stereocenters. The topological polar surface area (TPSA) is 97.4 Å². The molecule has 0 aliphatic carbocycles. The van der Waals surface area contributed by atoms with Crippen LogP contribution >= 0.6 is 0 Å². The summed E-state index contributed by atoms with van der Waals surface area (Å²) in [6.07, 6.45) is 4.57. The van der Waals surface area contributed by atoms with Gasteiger partial charge in [-0.15, -0.1) is 10.2 Å². The Bertz CT molecular complexity index is 1450. The summed E-state index contributed by atoms with van der Waals surface area (Å²) in [6.45, 7) is 12.4. The Balaban J connectivity index is 0.00000462. The molecule has 0 spiro atoms. The molecule has 0 aliphatic heterocycles. The van der Waals surface area contributed by atoms with E-state index in [4.69, 9.17) is 0 Å². The van der Waals surface area contributed by atoms with Crippen LogP contribution in [0.5, 0.6) is 0 Å². The quantitative estimate of drug-likeness (QED) is 0.228. The molecule has 3 heterocycles. The highest BCUT2D eigenvalue weighted by molar-refractivity contribution is 6.10. The fourth-order valence-electron chi connectivity index (χ4n) is 5.17. The molecule has 3 aromatic heterocycles. The molecule has 0 radical (unpaired) electrons. The zero-order chi connectivity index (χ0) is 28.8. The second-order valence-electron chi connectivity index (χ2n) is 10.6. The molecule has 0 saturated heterocycles. The van der Waals surface area contributed by atoms with Gasteiger partial charge in [0, 0.05) is 35.4 Å². The van der Waals surface area contributed by atoms with Crippen molar-refractivity contribution in [1.29, 1.82) is 0 Å². The van der Waals surface area contributed by atoms with Gasteiger partial charge in [0.15, 0.2) is 5.82 Å². The lowest BCUT2D eigenvalue weighted by Gasteiger charge is -2.21. The van der Waals surface area contributed by atoms with Crippen molar-refractivity contribution in [2.24, 2.45) is 13.0 Å². The first kappa shape index (κ1) is 31.7. The molecule has 4 rings (SSSR count). The van der Waals surface area contributed by atoms with Gasteiger partial charge in [0.2, 0.25) is 5.78 Å². The number of carbonyl (C=O) groups is 2. The largest absolute Gasteiger partial charge is 0.331 e. The van der Waals surface area contributed by atoms with Crippen LogP contribution in [0, 0.1) is 5.92 Å². The van der Waals surface area contributed by atoms with Crippen LogP contribution in [0.1, 0.15) is 91.8 Å². The molecule has 0 aliphatic rings. The molecule has 9 heteroatoms. The van der Waals surface area contributed by atoms with Gasteiger partial charge in [-0.2, -0.15) is 4.80 Å². The van der Waals surface area contributed by atoms with E-state index in [-0.39, 0.29) is 25.7 Å². The Morgan fingerprint density at radius 3 is 2.34 bits per heavy atom. The van der Waals surface area contributed by atoms with Crippen molar-refractivity contribution in [3.8, 4) is 0 Å². The number of amides is 1. The Hall–Kier alpha value is -3.85. The average Bonchev–Trinajstić information content (AvgIpc) is 3.55. The third kappa shape index (κ3) is 7.27. The van der Waals surface area contributed by atoms with Crippen LogP contribution in [0.15, 0.2) is 48.7 Å². The summed E-state index contributed by atoms with van der Waals surface area (Å²) in [5.74, 6) is 0.936. The molecule has 0 bridgehead atoms. The van der Waals surface area contributed by atoms with Crippen molar-refractivity contribution >= 4 is 17.2 Å². The number of nitrogens with one attached hydrogen (secondary N) is 1. The lowest BCUT2D eigenvalue weighted by Crippen LogP contribution is -2.34. The average molecular weight is 560 g/mol. The highest BCUT2D eigenvalue weighted by atomic mass is 16.2. The van der Waals surface area contributed by atoms with E-state index in [2.05, 4.69) is 53.6 Å². The molecule has 1 aromatic carbocycles. The number of pyridine rings is 1. The fourth-order valence-corrected chi connectivity index (χ4v) is 5.17. The minimum atomic E-state index is -0.117. The van der Waals surface area contributed by atoms with E-state index in [9.17, 15) is 9.59 Å². The predicted molar refractivity (Wildman–Crippen MR) is 163 cm³/mol. The number of tetrazole rings is 1. The number of hydrogen-bond donors (Lipinski definition) is 1. The molecule has 0 unspecified atom stereocenters. The summed E-state index contributed by atoms with van der Waals surface area (Å²) in [5.41, 5.74) is 4.88. The summed E-state index contributed by atoms with van der Waals surface area (Å²) >= 11 is 0. The number of hydrogen-bond acceptors (Lipinski definition) is 6. The lowest BCUT2D eigenvalue weighted by atomic mass is 9.95. The first-order valence-corrected chi connectivity index (χ1v) is 14.3. The number of carbonyl (C=O) groups excluding carboxylic acids is 2. The zero-order valence-corrected chi connectivity index (χ0v) is 24.5. The molecule has 41 heavy (non-hydrogen) atoms. The maximum absolute atomic E-state index is 13.7. The van der Waals surface area contributed by atoms with Crippen molar-refractivity contribution in [1.82, 2.24) is 34.8 Å². The predicted octanol–water partition coefficient (Wildman–Crippen LogP) is 5.12. The summed E-state index contributed by atoms with van der Waals surface area (Å²) in [7, 11) is 1.70. The summed E-state index contributed by atoms with van der Waals surface area (Å²) in [4.78, 5) is 30.1. The molecule has 4 aromatic rings. The van der Waals surface area contributed by atoms with Gasteiger partial charge in [-0.3, -0.25) is 9.59 Å².